The number of aliphatic hydroxyl groups is 1. The second-order valence-corrected chi connectivity index (χ2v) is 6.77. The summed E-state index contributed by atoms with van der Waals surface area (Å²) in [6.07, 6.45) is 4.61. The lowest BCUT2D eigenvalue weighted by molar-refractivity contribution is -0.111. The van der Waals surface area contributed by atoms with Crippen LogP contribution in [0.5, 0.6) is 0 Å². The summed E-state index contributed by atoms with van der Waals surface area (Å²) in [5, 5.41) is 21.4. The molecule has 5 nitrogen and oxygen atoms in total. The maximum atomic E-state index is 12.2. The van der Waals surface area contributed by atoms with Crippen LogP contribution in [0.4, 0.5) is 5.69 Å². The molecule has 0 atom stereocenters. The standard InChI is InChI=1S/C22H23N3O2/c23-15-18-4-1-3-17(13-18)7-8-22(27)24-20-6-2-5-19(14-20)16-25-11-9-21(26)10-12-25/h1-8,13-14,21,26H,9-12,16H2,(H,24,27). The van der Waals surface area contributed by atoms with Gasteiger partial charge < -0.3 is 10.4 Å². The van der Waals surface area contributed by atoms with Crippen molar-refractivity contribution in [2.45, 2.75) is 25.5 Å². The van der Waals surface area contributed by atoms with E-state index in [-0.39, 0.29) is 12.0 Å². The number of carbonyl (C=O) groups excluding carboxylic acids is 1. The van der Waals surface area contributed by atoms with Gasteiger partial charge in [-0.15, -0.1) is 0 Å². The number of nitrogens with one attached hydrogen (secondary N) is 1. The largest absolute Gasteiger partial charge is 0.393 e. The fourth-order valence-electron chi connectivity index (χ4n) is 3.15. The van der Waals surface area contributed by atoms with Crippen molar-refractivity contribution in [2.75, 3.05) is 18.4 Å². The van der Waals surface area contributed by atoms with E-state index < -0.39 is 0 Å². The molecule has 2 aromatic rings. The van der Waals surface area contributed by atoms with Crippen molar-refractivity contribution in [3.05, 3.63) is 71.3 Å². The molecule has 1 amide bonds. The molecular weight excluding hydrogens is 338 g/mol. The Morgan fingerprint density at radius 3 is 2.78 bits per heavy atom. The summed E-state index contributed by atoms with van der Waals surface area (Å²) in [4.78, 5) is 14.5. The molecule has 2 N–H and O–H groups in total. The molecule has 0 bridgehead atoms. The average molecular weight is 361 g/mol. The minimum absolute atomic E-state index is 0.174. The molecule has 1 heterocycles. The van der Waals surface area contributed by atoms with E-state index in [2.05, 4.69) is 16.3 Å². The van der Waals surface area contributed by atoms with Crippen molar-refractivity contribution in [1.82, 2.24) is 4.90 Å². The van der Waals surface area contributed by atoms with Gasteiger partial charge in [0.2, 0.25) is 5.91 Å². The van der Waals surface area contributed by atoms with Crippen LogP contribution >= 0.6 is 0 Å². The maximum absolute atomic E-state index is 12.2. The van der Waals surface area contributed by atoms with Gasteiger partial charge in [-0.25, -0.2) is 0 Å². The van der Waals surface area contributed by atoms with Crippen LogP contribution in [0.2, 0.25) is 0 Å². The summed E-state index contributed by atoms with van der Waals surface area (Å²) in [6, 6.07) is 17.0. The number of benzene rings is 2. The highest BCUT2D eigenvalue weighted by Crippen LogP contribution is 2.17. The second-order valence-electron chi connectivity index (χ2n) is 6.77. The number of rotatable bonds is 5. The Labute approximate surface area is 159 Å². The fraction of sp³-hybridized carbons (Fsp3) is 0.273. The Bertz CT molecular complexity index is 862. The van der Waals surface area contributed by atoms with Crippen LogP contribution in [0.3, 0.4) is 0 Å². The van der Waals surface area contributed by atoms with Crippen LogP contribution in [-0.2, 0) is 11.3 Å². The minimum Gasteiger partial charge on any atom is -0.393 e. The highest BCUT2D eigenvalue weighted by atomic mass is 16.3. The summed E-state index contributed by atoms with van der Waals surface area (Å²) >= 11 is 0. The number of anilines is 1. The van der Waals surface area contributed by atoms with Gasteiger partial charge in [0.25, 0.3) is 0 Å². The molecule has 2 aromatic carbocycles. The predicted molar refractivity (Wildman–Crippen MR) is 106 cm³/mol. The van der Waals surface area contributed by atoms with Crippen LogP contribution in [0.1, 0.15) is 29.5 Å². The normalized spacial score (nSPS) is 15.6. The van der Waals surface area contributed by atoms with Gasteiger partial charge in [0.15, 0.2) is 0 Å². The Hall–Kier alpha value is -2.94. The molecule has 0 unspecified atom stereocenters. The van der Waals surface area contributed by atoms with Crippen molar-refractivity contribution < 1.29 is 9.90 Å². The van der Waals surface area contributed by atoms with E-state index in [1.54, 1.807) is 24.3 Å². The summed E-state index contributed by atoms with van der Waals surface area (Å²) in [5.41, 5.74) is 3.26. The van der Waals surface area contributed by atoms with E-state index in [4.69, 9.17) is 5.26 Å². The van der Waals surface area contributed by atoms with Gasteiger partial charge in [-0.2, -0.15) is 5.26 Å². The zero-order valence-electron chi connectivity index (χ0n) is 15.1. The number of nitriles is 1. The maximum Gasteiger partial charge on any atom is 0.248 e. The Morgan fingerprint density at radius 1 is 1.22 bits per heavy atom. The van der Waals surface area contributed by atoms with Gasteiger partial charge in [0, 0.05) is 31.4 Å². The number of likely N-dealkylation sites (tertiary alicyclic amines) is 1. The highest BCUT2D eigenvalue weighted by Gasteiger charge is 2.16. The lowest BCUT2D eigenvalue weighted by Crippen LogP contribution is -2.35. The number of carbonyl (C=O) groups is 1. The quantitative estimate of drug-likeness (QED) is 0.802. The summed E-state index contributed by atoms with van der Waals surface area (Å²) in [6.45, 7) is 2.59. The lowest BCUT2D eigenvalue weighted by atomic mass is 10.1. The van der Waals surface area contributed by atoms with Crippen molar-refractivity contribution >= 4 is 17.7 Å². The first-order valence-electron chi connectivity index (χ1n) is 9.11. The van der Waals surface area contributed by atoms with E-state index in [0.29, 0.717) is 5.56 Å². The second kappa shape index (κ2) is 9.13. The molecule has 1 fully saturated rings. The molecular formula is C22H23N3O2. The van der Waals surface area contributed by atoms with Gasteiger partial charge in [0.1, 0.15) is 0 Å². The molecule has 1 aliphatic rings. The van der Waals surface area contributed by atoms with Crippen molar-refractivity contribution in [3.8, 4) is 6.07 Å². The number of hydrogen-bond acceptors (Lipinski definition) is 4. The third kappa shape index (κ3) is 5.78. The molecule has 0 radical (unpaired) electrons. The number of hydrogen-bond donors (Lipinski definition) is 2. The van der Waals surface area contributed by atoms with Crippen LogP contribution in [-0.4, -0.2) is 35.1 Å². The Balaban J connectivity index is 1.57. The molecule has 0 spiro atoms. The molecule has 0 aromatic heterocycles. The topological polar surface area (TPSA) is 76.4 Å². The van der Waals surface area contributed by atoms with E-state index in [9.17, 15) is 9.90 Å². The van der Waals surface area contributed by atoms with Gasteiger partial charge in [-0.3, -0.25) is 9.69 Å². The zero-order chi connectivity index (χ0) is 19.1. The highest BCUT2D eigenvalue weighted by molar-refractivity contribution is 6.01. The van der Waals surface area contributed by atoms with Crippen LogP contribution in [0, 0.1) is 11.3 Å². The molecule has 0 aliphatic carbocycles. The minimum atomic E-state index is -0.212. The van der Waals surface area contributed by atoms with Gasteiger partial charge in [0.05, 0.1) is 17.7 Å². The van der Waals surface area contributed by atoms with Gasteiger partial charge in [-0.05, 0) is 54.3 Å². The molecule has 3 rings (SSSR count). The number of nitrogens with zero attached hydrogens (tertiary/aromatic N) is 2. The number of piperidine rings is 1. The van der Waals surface area contributed by atoms with E-state index in [1.807, 2.05) is 30.3 Å². The number of amides is 1. The van der Waals surface area contributed by atoms with Crippen molar-refractivity contribution in [2.24, 2.45) is 0 Å². The van der Waals surface area contributed by atoms with Crippen molar-refractivity contribution in [1.29, 1.82) is 5.26 Å². The van der Waals surface area contributed by atoms with Crippen LogP contribution in [0.25, 0.3) is 6.08 Å². The molecule has 27 heavy (non-hydrogen) atoms. The van der Waals surface area contributed by atoms with Gasteiger partial charge >= 0.3 is 0 Å². The number of aliphatic hydroxyl groups excluding tert-OH is 1. The predicted octanol–water partition coefficient (Wildman–Crippen LogP) is 3.17. The Morgan fingerprint density at radius 2 is 2.00 bits per heavy atom. The molecule has 138 valence electrons. The van der Waals surface area contributed by atoms with E-state index >= 15 is 0 Å². The molecule has 1 saturated heterocycles. The fourth-order valence-corrected chi connectivity index (χ4v) is 3.15. The van der Waals surface area contributed by atoms with Crippen LogP contribution < -0.4 is 5.32 Å². The third-order valence-corrected chi connectivity index (χ3v) is 4.60. The zero-order valence-corrected chi connectivity index (χ0v) is 15.1. The first-order valence-corrected chi connectivity index (χ1v) is 9.11. The summed E-state index contributed by atoms with van der Waals surface area (Å²) in [7, 11) is 0. The summed E-state index contributed by atoms with van der Waals surface area (Å²) < 4.78 is 0. The van der Waals surface area contributed by atoms with E-state index in [0.717, 1.165) is 49.3 Å². The Kier molecular flexibility index (Phi) is 6.37. The van der Waals surface area contributed by atoms with E-state index in [1.165, 1.54) is 6.08 Å². The molecule has 0 saturated carbocycles. The third-order valence-electron chi connectivity index (χ3n) is 4.60. The molecule has 5 heteroatoms. The van der Waals surface area contributed by atoms with Crippen LogP contribution in [0.15, 0.2) is 54.6 Å². The first-order chi connectivity index (χ1) is 13.1. The smallest absolute Gasteiger partial charge is 0.248 e. The monoisotopic (exact) mass is 361 g/mol. The average Bonchev–Trinajstić information content (AvgIpc) is 2.69. The van der Waals surface area contributed by atoms with Gasteiger partial charge in [-0.1, -0.05) is 24.3 Å². The molecule has 1 aliphatic heterocycles. The SMILES string of the molecule is N#Cc1cccc(C=CC(=O)Nc2cccc(CN3CCC(O)CC3)c2)c1. The summed E-state index contributed by atoms with van der Waals surface area (Å²) in [5.74, 6) is -0.212. The first kappa shape index (κ1) is 18.8. The lowest BCUT2D eigenvalue weighted by Gasteiger charge is -2.29. The van der Waals surface area contributed by atoms with Crippen molar-refractivity contribution in [3.63, 3.8) is 0 Å².